The van der Waals surface area contributed by atoms with Crippen molar-refractivity contribution in [2.24, 2.45) is 0 Å². The number of hydrogen-bond donors (Lipinski definition) is 6. The van der Waals surface area contributed by atoms with Gasteiger partial charge < -0.3 is 44.8 Å². The number of hydrogen-bond acceptors (Lipinski definition) is 10. The van der Waals surface area contributed by atoms with E-state index in [9.17, 15) is 35.4 Å². The molecule has 60 heavy (non-hydrogen) atoms. The molecule has 0 aromatic rings. The lowest BCUT2D eigenvalue weighted by molar-refractivity contribution is -0.306. The van der Waals surface area contributed by atoms with Crippen molar-refractivity contribution in [3.63, 3.8) is 0 Å². The van der Waals surface area contributed by atoms with E-state index >= 15 is 0 Å². The molecule has 1 rings (SSSR count). The van der Waals surface area contributed by atoms with E-state index in [-0.39, 0.29) is 6.42 Å². The van der Waals surface area contributed by atoms with Crippen LogP contribution in [0.15, 0.2) is 0 Å². The SMILES string of the molecule is CCCCCCC#CCCCCCC[C@@H](O)[C@@H](O)[C@H](CO[C@H]1O[C@H](CO)[C@H](O)[C@H](O)[C@H]1O)OC(=O)CCCCCCCCCCCCCCCCCCCCCCCCC. The third-order valence-corrected chi connectivity index (χ3v) is 12.1. The fraction of sp³-hybridized carbons (Fsp3) is 0.940. The highest BCUT2D eigenvalue weighted by atomic mass is 16.7. The summed E-state index contributed by atoms with van der Waals surface area (Å²) >= 11 is 0. The van der Waals surface area contributed by atoms with Crippen molar-refractivity contribution in [1.29, 1.82) is 0 Å². The predicted octanol–water partition coefficient (Wildman–Crippen LogP) is 10.1. The molecule has 0 bridgehead atoms. The number of carbonyl (C=O) groups is 1. The summed E-state index contributed by atoms with van der Waals surface area (Å²) < 4.78 is 16.7. The summed E-state index contributed by atoms with van der Waals surface area (Å²) in [5, 5.41) is 62.2. The van der Waals surface area contributed by atoms with Gasteiger partial charge in [-0.3, -0.25) is 4.79 Å². The van der Waals surface area contributed by atoms with Gasteiger partial charge in [-0.05, 0) is 25.7 Å². The molecule has 0 aromatic heterocycles. The second-order valence-corrected chi connectivity index (χ2v) is 17.8. The first-order valence-electron chi connectivity index (χ1n) is 25.2. The second-order valence-electron chi connectivity index (χ2n) is 17.8. The summed E-state index contributed by atoms with van der Waals surface area (Å²) in [4.78, 5) is 12.9. The van der Waals surface area contributed by atoms with E-state index in [0.717, 1.165) is 57.8 Å². The van der Waals surface area contributed by atoms with Gasteiger partial charge in [-0.15, -0.1) is 11.8 Å². The summed E-state index contributed by atoms with van der Waals surface area (Å²) in [5.74, 6) is 5.98. The van der Waals surface area contributed by atoms with Crippen molar-refractivity contribution in [3.8, 4) is 11.8 Å². The largest absolute Gasteiger partial charge is 0.457 e. The van der Waals surface area contributed by atoms with Crippen LogP contribution in [0.1, 0.15) is 239 Å². The molecule has 10 heteroatoms. The zero-order chi connectivity index (χ0) is 43.9. The third kappa shape index (κ3) is 29.9. The molecule has 0 unspecified atom stereocenters. The van der Waals surface area contributed by atoms with E-state index in [4.69, 9.17) is 14.2 Å². The molecule has 354 valence electrons. The maximum Gasteiger partial charge on any atom is 0.306 e. The van der Waals surface area contributed by atoms with Gasteiger partial charge in [-0.1, -0.05) is 194 Å². The summed E-state index contributed by atoms with van der Waals surface area (Å²) in [6, 6.07) is 0. The number of ether oxygens (including phenoxy) is 3. The number of unbranched alkanes of at least 4 members (excludes halogenated alkanes) is 30. The van der Waals surface area contributed by atoms with Crippen LogP contribution in [0.4, 0.5) is 0 Å². The molecule has 1 aliphatic rings. The van der Waals surface area contributed by atoms with Crippen molar-refractivity contribution in [2.45, 2.75) is 288 Å². The topological polar surface area (TPSA) is 166 Å². The quantitative estimate of drug-likeness (QED) is 0.0198. The zero-order valence-electron chi connectivity index (χ0n) is 38.6. The van der Waals surface area contributed by atoms with Gasteiger partial charge in [0.15, 0.2) is 12.4 Å². The molecule has 0 amide bonds. The first-order valence-corrected chi connectivity index (χ1v) is 25.2. The summed E-state index contributed by atoms with van der Waals surface area (Å²) in [7, 11) is 0. The number of aliphatic hydroxyl groups is 6. The van der Waals surface area contributed by atoms with E-state index in [1.54, 1.807) is 0 Å². The normalized spacial score (nSPS) is 20.7. The van der Waals surface area contributed by atoms with Crippen LogP contribution in [-0.4, -0.2) is 98.8 Å². The standard InChI is InChI=1S/C50H94O10/c1-3-5-7-9-11-13-15-17-18-19-20-21-22-23-24-25-26-27-29-31-33-35-37-39-45(53)59-44(41-58-50-49(57)48(56)47(55)43(40-51)60-50)46(54)42(52)38-36-34-32-30-28-16-14-12-10-8-6-4-2/h42-44,46-52,54-57H,3-13,15,17-41H2,1-2H3/t42-,43-,44+,46-,47+,48+,49-,50+/m1/s1. The Hall–Kier alpha value is -1.29. The Balaban J connectivity index is 2.28. The third-order valence-electron chi connectivity index (χ3n) is 12.1. The van der Waals surface area contributed by atoms with Crippen LogP contribution in [-0.2, 0) is 19.0 Å². The van der Waals surface area contributed by atoms with Crippen LogP contribution in [0.25, 0.3) is 0 Å². The van der Waals surface area contributed by atoms with Gasteiger partial charge in [0.25, 0.3) is 0 Å². The maximum atomic E-state index is 12.9. The molecule has 6 N–H and O–H groups in total. The molecule has 1 aliphatic heterocycles. The molecule has 10 nitrogen and oxygen atoms in total. The summed E-state index contributed by atoms with van der Waals surface area (Å²) in [6.07, 6.45) is 29.1. The highest BCUT2D eigenvalue weighted by Gasteiger charge is 2.44. The van der Waals surface area contributed by atoms with E-state index in [1.165, 1.54) is 141 Å². The molecular formula is C50H94O10. The lowest BCUT2D eigenvalue weighted by Crippen LogP contribution is -2.59. The van der Waals surface area contributed by atoms with Crippen molar-refractivity contribution >= 4 is 5.97 Å². The molecular weight excluding hydrogens is 761 g/mol. The van der Waals surface area contributed by atoms with Crippen LogP contribution in [0, 0.1) is 11.8 Å². The minimum Gasteiger partial charge on any atom is -0.457 e. The second kappa shape index (κ2) is 40.5. The van der Waals surface area contributed by atoms with Crippen molar-refractivity contribution in [2.75, 3.05) is 13.2 Å². The highest BCUT2D eigenvalue weighted by Crippen LogP contribution is 2.24. The minimum atomic E-state index is -1.64. The number of aliphatic hydroxyl groups excluding tert-OH is 6. The molecule has 0 aliphatic carbocycles. The Morgan fingerprint density at radius 1 is 0.550 bits per heavy atom. The van der Waals surface area contributed by atoms with Crippen LogP contribution in [0.5, 0.6) is 0 Å². The average molecular weight is 855 g/mol. The summed E-state index contributed by atoms with van der Waals surface area (Å²) in [6.45, 7) is 3.44. The number of esters is 1. The first-order chi connectivity index (χ1) is 29.3. The molecule has 1 heterocycles. The van der Waals surface area contributed by atoms with Crippen LogP contribution in [0.2, 0.25) is 0 Å². The van der Waals surface area contributed by atoms with E-state index < -0.39 is 68.2 Å². The van der Waals surface area contributed by atoms with Crippen LogP contribution in [0.3, 0.4) is 0 Å². The Labute approximate surface area is 367 Å². The van der Waals surface area contributed by atoms with Gasteiger partial charge in [0.05, 0.1) is 19.3 Å². The molecule has 0 radical (unpaired) electrons. The number of rotatable bonds is 41. The monoisotopic (exact) mass is 855 g/mol. The van der Waals surface area contributed by atoms with Crippen LogP contribution < -0.4 is 0 Å². The Morgan fingerprint density at radius 3 is 1.40 bits per heavy atom. The zero-order valence-corrected chi connectivity index (χ0v) is 38.6. The van der Waals surface area contributed by atoms with Crippen molar-refractivity contribution in [1.82, 2.24) is 0 Å². The van der Waals surface area contributed by atoms with Gasteiger partial charge in [-0.2, -0.15) is 0 Å². The van der Waals surface area contributed by atoms with Crippen molar-refractivity contribution in [3.05, 3.63) is 0 Å². The maximum absolute atomic E-state index is 12.9. The predicted molar refractivity (Wildman–Crippen MR) is 242 cm³/mol. The molecule has 8 atom stereocenters. The molecule has 0 aromatic carbocycles. The van der Waals surface area contributed by atoms with Gasteiger partial charge >= 0.3 is 5.97 Å². The summed E-state index contributed by atoms with van der Waals surface area (Å²) in [5.41, 5.74) is 0. The van der Waals surface area contributed by atoms with E-state index in [2.05, 4.69) is 25.7 Å². The minimum absolute atomic E-state index is 0.167. The van der Waals surface area contributed by atoms with Gasteiger partial charge in [0, 0.05) is 19.3 Å². The Bertz CT molecular complexity index is 1010. The lowest BCUT2D eigenvalue weighted by atomic mass is 9.99. The number of carbonyl (C=O) groups excluding carboxylic acids is 1. The Morgan fingerprint density at radius 2 is 0.950 bits per heavy atom. The van der Waals surface area contributed by atoms with E-state index in [0.29, 0.717) is 19.3 Å². The van der Waals surface area contributed by atoms with Gasteiger partial charge in [0.1, 0.15) is 30.5 Å². The van der Waals surface area contributed by atoms with Gasteiger partial charge in [0.2, 0.25) is 0 Å². The van der Waals surface area contributed by atoms with Crippen LogP contribution >= 0.6 is 0 Å². The fourth-order valence-electron chi connectivity index (χ4n) is 8.04. The Kier molecular flexibility index (Phi) is 38.3. The lowest BCUT2D eigenvalue weighted by Gasteiger charge is -2.40. The van der Waals surface area contributed by atoms with Crippen molar-refractivity contribution < 1.29 is 49.6 Å². The molecule has 1 saturated heterocycles. The fourth-order valence-corrected chi connectivity index (χ4v) is 8.04. The molecule has 0 spiro atoms. The molecule has 0 saturated carbocycles. The smallest absolute Gasteiger partial charge is 0.306 e. The first kappa shape index (κ1) is 56.7. The van der Waals surface area contributed by atoms with Gasteiger partial charge in [-0.25, -0.2) is 0 Å². The average Bonchev–Trinajstić information content (AvgIpc) is 3.25. The molecule has 1 fully saturated rings. The highest BCUT2D eigenvalue weighted by molar-refractivity contribution is 5.69. The van der Waals surface area contributed by atoms with E-state index in [1.807, 2.05) is 0 Å².